The molecule has 4 saturated heterocycles. The first-order chi connectivity index (χ1) is 26.2. The average Bonchev–Trinajstić information content (AvgIpc) is 3.11. The largest absolute Gasteiger partial charge is 0.479 e. The first-order valence-corrected chi connectivity index (χ1v) is 17.6. The molecule has 4 aliphatic heterocycles. The molecule has 20 atom stereocenters. The lowest BCUT2D eigenvalue weighted by atomic mass is 9.90. The minimum absolute atomic E-state index is 0.590. The third kappa shape index (κ3) is 10.1. The Hall–Kier alpha value is -3.21. The Balaban J connectivity index is 1.66. The van der Waals surface area contributed by atoms with Crippen LogP contribution in [-0.4, -0.2) is 205 Å². The lowest BCUT2D eigenvalue weighted by Gasteiger charge is -2.50. The Labute approximate surface area is 318 Å². The molecule has 4 rings (SSSR count). The molecule has 24 nitrogen and oxygen atoms in total. The molecule has 4 aliphatic rings. The van der Waals surface area contributed by atoms with Crippen LogP contribution in [0.4, 0.5) is 0 Å². The molecule has 0 aromatic rings. The molecule has 11 N–H and O–H groups in total. The van der Waals surface area contributed by atoms with Gasteiger partial charge in [-0.15, -0.1) is 0 Å². The van der Waals surface area contributed by atoms with Crippen molar-refractivity contribution in [1.82, 2.24) is 10.6 Å². The van der Waals surface area contributed by atoms with Crippen LogP contribution in [0.1, 0.15) is 34.6 Å². The number of nitrogens with one attached hydrogen (secondary N) is 2. The van der Waals surface area contributed by atoms with Crippen molar-refractivity contribution < 1.29 is 108 Å². The molecule has 0 spiro atoms. The topological polar surface area (TPSA) is 365 Å². The van der Waals surface area contributed by atoms with Crippen LogP contribution >= 0.6 is 0 Å². The smallest absolute Gasteiger partial charge is 0.335 e. The van der Waals surface area contributed by atoms with Gasteiger partial charge in [0.25, 0.3) is 0 Å². The monoisotopic (exact) mass is 814 g/mol. The number of rotatable bonds is 13. The zero-order chi connectivity index (χ0) is 41.9. The van der Waals surface area contributed by atoms with E-state index in [0.29, 0.717) is 0 Å². The normalized spacial score (nSPS) is 44.3. The van der Waals surface area contributed by atoms with E-state index in [1.807, 2.05) is 0 Å². The first-order valence-electron chi connectivity index (χ1n) is 17.6. The molecule has 320 valence electrons. The van der Waals surface area contributed by atoms with Crippen molar-refractivity contribution in [2.24, 2.45) is 5.92 Å². The van der Waals surface area contributed by atoms with Gasteiger partial charge in [0.2, 0.25) is 11.8 Å². The van der Waals surface area contributed by atoms with Gasteiger partial charge in [-0.2, -0.15) is 0 Å². The quantitative estimate of drug-likeness (QED) is 0.0770. The zero-order valence-corrected chi connectivity index (χ0v) is 30.8. The highest BCUT2D eigenvalue weighted by Gasteiger charge is 2.57. The predicted molar refractivity (Wildman–Crippen MR) is 174 cm³/mol. The molecule has 0 aromatic carbocycles. The molecule has 56 heavy (non-hydrogen) atoms. The fourth-order valence-electron chi connectivity index (χ4n) is 6.96. The predicted octanol–water partition coefficient (Wildman–Crippen LogP) is -6.36. The molecule has 2 amide bonds. The minimum atomic E-state index is -2.24. The summed E-state index contributed by atoms with van der Waals surface area (Å²) in [6, 6.07) is -2.88. The summed E-state index contributed by atoms with van der Waals surface area (Å²) in [5.41, 5.74) is 0. The lowest BCUT2D eigenvalue weighted by Crippen LogP contribution is -2.70. The lowest BCUT2D eigenvalue weighted by molar-refractivity contribution is -0.365. The molecule has 4 heterocycles. The van der Waals surface area contributed by atoms with E-state index >= 15 is 0 Å². The minimum Gasteiger partial charge on any atom is -0.479 e. The van der Waals surface area contributed by atoms with Crippen LogP contribution in [0.3, 0.4) is 0 Å². The first kappa shape index (κ1) is 45.5. The van der Waals surface area contributed by atoms with Crippen molar-refractivity contribution in [2.75, 3.05) is 13.2 Å². The molecule has 0 saturated carbocycles. The van der Waals surface area contributed by atoms with Gasteiger partial charge in [0.05, 0.1) is 24.9 Å². The maximum Gasteiger partial charge on any atom is 0.335 e. The van der Waals surface area contributed by atoms with Crippen LogP contribution in [0.15, 0.2) is 0 Å². The van der Waals surface area contributed by atoms with E-state index in [1.165, 1.54) is 13.8 Å². The Morgan fingerprint density at radius 3 is 1.57 bits per heavy atom. The van der Waals surface area contributed by atoms with Gasteiger partial charge in [0.1, 0.15) is 73.7 Å². The highest BCUT2D eigenvalue weighted by molar-refractivity contribution is 5.74. The van der Waals surface area contributed by atoms with Crippen molar-refractivity contribution in [3.63, 3.8) is 0 Å². The van der Waals surface area contributed by atoms with E-state index in [4.69, 9.17) is 37.9 Å². The summed E-state index contributed by atoms with van der Waals surface area (Å²) < 4.78 is 44.7. The van der Waals surface area contributed by atoms with Gasteiger partial charge in [-0.05, 0) is 6.92 Å². The number of carbonyl (C=O) groups excluding carboxylic acids is 3. The van der Waals surface area contributed by atoms with E-state index in [9.17, 15) is 69.9 Å². The summed E-state index contributed by atoms with van der Waals surface area (Å²) >= 11 is 0. The summed E-state index contributed by atoms with van der Waals surface area (Å²) in [6.07, 6.45) is -30.9. The van der Waals surface area contributed by atoms with Gasteiger partial charge >= 0.3 is 17.9 Å². The molecule has 0 radical (unpaired) electrons. The third-order valence-corrected chi connectivity index (χ3v) is 9.84. The van der Waals surface area contributed by atoms with Gasteiger partial charge in [-0.3, -0.25) is 14.4 Å². The van der Waals surface area contributed by atoms with Crippen molar-refractivity contribution in [3.8, 4) is 0 Å². The number of aliphatic carboxylic acids is 2. The highest BCUT2D eigenvalue weighted by atomic mass is 16.8. The number of carboxylic acid groups (broad SMARTS) is 2. The number of hydrogen-bond acceptors (Lipinski definition) is 20. The number of amides is 2. The van der Waals surface area contributed by atoms with Crippen LogP contribution in [0.2, 0.25) is 0 Å². The van der Waals surface area contributed by atoms with E-state index in [2.05, 4.69) is 10.6 Å². The average molecular weight is 815 g/mol. The second-order valence-electron chi connectivity index (χ2n) is 14.0. The summed E-state index contributed by atoms with van der Waals surface area (Å²) in [5.74, 6) is -6.77. The Kier molecular flexibility index (Phi) is 15.5. The number of aliphatic hydroxyl groups excluding tert-OH is 7. The molecule has 0 aliphatic carbocycles. The number of esters is 1. The maximum absolute atomic E-state index is 12.6. The van der Waals surface area contributed by atoms with E-state index in [1.54, 1.807) is 0 Å². The number of aliphatic hydroxyl groups is 7. The number of carboxylic acids is 2. The van der Waals surface area contributed by atoms with Crippen LogP contribution in [-0.2, 0) is 61.9 Å². The summed E-state index contributed by atoms with van der Waals surface area (Å²) in [4.78, 5) is 60.6. The fourth-order valence-corrected chi connectivity index (χ4v) is 6.96. The standard InChI is InChI=1S/C32H50N2O22/c1-8-17(39)21(43)31(52-23(8)28(45)46)54-25-16(34-11(4)37)30(51-14(19(25)41)7-49-12(5)38)55-26-20(42)22(44)32(56-27(26)29(47)48)53-24-15(33-10(3)36)9(2)50-13(6-35)18(24)40/h8-9,13-27,30-32,35,39-44H,6-7H2,1-5H3,(H,33,36)(H,34,37)(H,45,46)(H,47,48)/t8-,9-,13?,14?,15?,16?,17-,18+,19+,20+,21?,22?,23?,24+,25+,26-,27?,30-,31-,32+/m0/s1. The molecule has 0 bridgehead atoms. The highest BCUT2D eigenvalue weighted by Crippen LogP contribution is 2.35. The van der Waals surface area contributed by atoms with Crippen molar-refractivity contribution in [3.05, 3.63) is 0 Å². The SMILES string of the molecule is CC(=O)NC1[C@H](O[C@@H]2C(C(=O)O)O[C@@H](O[C@@H]3C(NC(C)=O)[C@H](C)OC(CO)[C@H]3O)C(O)[C@H]2O)OC(COC(C)=O)[C@@H](O)[C@@H]1O[C@@H]1OC(C(=O)O)[C@@H](C)[C@H](O)C1O. The number of ether oxygens (including phenoxy) is 8. The molecule has 8 unspecified atom stereocenters. The van der Waals surface area contributed by atoms with E-state index in [-0.39, 0.29) is 0 Å². The molecule has 4 fully saturated rings. The van der Waals surface area contributed by atoms with Crippen LogP contribution in [0.25, 0.3) is 0 Å². The van der Waals surface area contributed by atoms with Crippen molar-refractivity contribution in [2.45, 2.75) is 151 Å². The van der Waals surface area contributed by atoms with Crippen LogP contribution < -0.4 is 10.6 Å². The second-order valence-corrected chi connectivity index (χ2v) is 14.0. The van der Waals surface area contributed by atoms with Gasteiger partial charge in [-0.25, -0.2) is 9.59 Å². The molecular formula is C32H50N2O22. The Morgan fingerprint density at radius 2 is 1.05 bits per heavy atom. The van der Waals surface area contributed by atoms with Gasteiger partial charge in [0, 0.05) is 26.7 Å². The molecule has 0 aromatic heterocycles. The van der Waals surface area contributed by atoms with Gasteiger partial charge < -0.3 is 94.5 Å². The van der Waals surface area contributed by atoms with Crippen LogP contribution in [0.5, 0.6) is 0 Å². The van der Waals surface area contributed by atoms with Crippen molar-refractivity contribution >= 4 is 29.7 Å². The zero-order valence-electron chi connectivity index (χ0n) is 30.8. The number of hydrogen-bond donors (Lipinski definition) is 11. The fraction of sp³-hybridized carbons (Fsp3) is 0.844. The second kappa shape index (κ2) is 19.0. The Morgan fingerprint density at radius 1 is 0.571 bits per heavy atom. The van der Waals surface area contributed by atoms with Crippen molar-refractivity contribution in [1.29, 1.82) is 0 Å². The van der Waals surface area contributed by atoms with Gasteiger partial charge in [0.15, 0.2) is 31.1 Å². The summed E-state index contributed by atoms with van der Waals surface area (Å²) in [6.45, 7) is 4.51. The summed E-state index contributed by atoms with van der Waals surface area (Å²) in [7, 11) is 0. The third-order valence-electron chi connectivity index (χ3n) is 9.84. The van der Waals surface area contributed by atoms with Crippen LogP contribution in [0, 0.1) is 5.92 Å². The van der Waals surface area contributed by atoms with E-state index < -0.39 is 165 Å². The van der Waals surface area contributed by atoms with Gasteiger partial charge in [-0.1, -0.05) is 6.92 Å². The van der Waals surface area contributed by atoms with E-state index in [0.717, 1.165) is 20.8 Å². The molecular weight excluding hydrogens is 764 g/mol. The Bertz CT molecular complexity index is 1410. The summed E-state index contributed by atoms with van der Waals surface area (Å²) in [5, 5.41) is 101. The molecule has 24 heteroatoms. The number of carbonyl (C=O) groups is 5. The maximum atomic E-state index is 12.6.